The van der Waals surface area contributed by atoms with Crippen molar-refractivity contribution in [3.05, 3.63) is 53.5 Å². The van der Waals surface area contributed by atoms with Crippen LogP contribution in [0, 0.1) is 0 Å². The molecule has 0 bridgehead atoms. The first-order chi connectivity index (χ1) is 10.1. The summed E-state index contributed by atoms with van der Waals surface area (Å²) < 4.78 is 15.9. The van der Waals surface area contributed by atoms with E-state index in [9.17, 15) is 9.59 Å². The molecule has 2 aromatic rings. The number of carbonyl (C=O) groups excluding carboxylic acids is 2. The van der Waals surface area contributed by atoms with Crippen molar-refractivity contribution < 1.29 is 23.5 Å². The summed E-state index contributed by atoms with van der Waals surface area (Å²) in [5.74, 6) is 0.790. The first-order valence-electron chi connectivity index (χ1n) is 6.56. The number of benzene rings is 1. The largest absolute Gasteiger partial charge is 0.486 e. The minimum Gasteiger partial charge on any atom is -0.486 e. The van der Waals surface area contributed by atoms with E-state index in [2.05, 4.69) is 0 Å². The molecular formula is C16H16O5. The molecule has 5 nitrogen and oxygen atoms in total. The summed E-state index contributed by atoms with van der Waals surface area (Å²) in [5.41, 5.74) is 0.582. The summed E-state index contributed by atoms with van der Waals surface area (Å²) in [7, 11) is 0. The summed E-state index contributed by atoms with van der Waals surface area (Å²) in [5, 5.41) is 0. The van der Waals surface area contributed by atoms with Crippen LogP contribution in [0.15, 0.2) is 40.8 Å². The zero-order valence-electron chi connectivity index (χ0n) is 11.9. The van der Waals surface area contributed by atoms with Gasteiger partial charge in [0.15, 0.2) is 0 Å². The highest BCUT2D eigenvalue weighted by Gasteiger charge is 2.14. The Labute approximate surface area is 122 Å². The second kappa shape index (κ2) is 6.74. The molecule has 1 heterocycles. The summed E-state index contributed by atoms with van der Waals surface area (Å²) in [6, 6.07) is 9.93. The zero-order chi connectivity index (χ0) is 15.2. The van der Waals surface area contributed by atoms with Crippen molar-refractivity contribution in [3.8, 4) is 5.75 Å². The maximum absolute atomic E-state index is 11.6. The quantitative estimate of drug-likeness (QED) is 0.603. The Morgan fingerprint density at radius 3 is 2.52 bits per heavy atom. The first-order valence-corrected chi connectivity index (χ1v) is 6.56. The van der Waals surface area contributed by atoms with Crippen molar-refractivity contribution in [2.75, 3.05) is 0 Å². The number of hydrogen-bond acceptors (Lipinski definition) is 5. The van der Waals surface area contributed by atoms with Gasteiger partial charge in [-0.25, -0.2) is 4.79 Å². The van der Waals surface area contributed by atoms with Gasteiger partial charge in [0.2, 0.25) is 5.76 Å². The molecule has 0 N–H and O–H groups in total. The molecule has 0 aliphatic carbocycles. The molecule has 5 heteroatoms. The molecular weight excluding hydrogens is 272 g/mol. The molecule has 110 valence electrons. The average Bonchev–Trinajstić information content (AvgIpc) is 2.94. The molecule has 21 heavy (non-hydrogen) atoms. The number of aldehydes is 1. The third kappa shape index (κ3) is 4.21. The highest BCUT2D eigenvalue weighted by atomic mass is 16.6. The zero-order valence-corrected chi connectivity index (χ0v) is 11.9. The van der Waals surface area contributed by atoms with Crippen LogP contribution >= 0.6 is 0 Å². The smallest absolute Gasteiger partial charge is 0.374 e. The van der Waals surface area contributed by atoms with Crippen molar-refractivity contribution in [3.63, 3.8) is 0 Å². The van der Waals surface area contributed by atoms with Gasteiger partial charge in [0.05, 0.1) is 6.10 Å². The van der Waals surface area contributed by atoms with Gasteiger partial charge in [-0.15, -0.1) is 0 Å². The van der Waals surface area contributed by atoms with Gasteiger partial charge in [-0.2, -0.15) is 0 Å². The van der Waals surface area contributed by atoms with Crippen LogP contribution in [0.2, 0.25) is 0 Å². The predicted octanol–water partition coefficient (Wildman–Crippen LogP) is 3.24. The third-order valence-electron chi connectivity index (χ3n) is 2.60. The Morgan fingerprint density at radius 2 is 1.90 bits per heavy atom. The van der Waals surface area contributed by atoms with Crippen LogP contribution in [0.1, 0.15) is 40.5 Å². The second-order valence-corrected chi connectivity index (χ2v) is 4.70. The lowest BCUT2D eigenvalue weighted by Crippen LogP contribution is -2.10. The summed E-state index contributed by atoms with van der Waals surface area (Å²) >= 11 is 0. The fraction of sp³-hybridized carbons (Fsp3) is 0.250. The summed E-state index contributed by atoms with van der Waals surface area (Å²) in [6.45, 7) is 3.73. The molecule has 2 rings (SSSR count). The van der Waals surface area contributed by atoms with Gasteiger partial charge in [-0.1, -0.05) is 0 Å². The van der Waals surface area contributed by atoms with E-state index >= 15 is 0 Å². The molecule has 0 spiro atoms. The minimum absolute atomic E-state index is 0.151. The van der Waals surface area contributed by atoms with E-state index in [0.29, 0.717) is 17.1 Å². The van der Waals surface area contributed by atoms with Crippen molar-refractivity contribution in [2.45, 2.75) is 26.6 Å². The molecule has 0 aliphatic rings. The van der Waals surface area contributed by atoms with E-state index in [0.717, 1.165) is 6.29 Å². The standard InChI is InChI=1S/C16H16O5/c1-11(2)20-16(18)15-8-7-14(21-15)10-19-13-5-3-12(9-17)4-6-13/h3-9,11H,10H2,1-2H3. The number of ether oxygens (including phenoxy) is 2. The highest BCUT2D eigenvalue weighted by Crippen LogP contribution is 2.16. The van der Waals surface area contributed by atoms with Crippen LogP contribution in [-0.4, -0.2) is 18.4 Å². The molecule has 0 unspecified atom stereocenters. The summed E-state index contributed by atoms with van der Waals surface area (Å²) in [6.07, 6.45) is 0.571. The number of esters is 1. The van der Waals surface area contributed by atoms with E-state index in [-0.39, 0.29) is 18.5 Å². The van der Waals surface area contributed by atoms with Crippen LogP contribution in [0.3, 0.4) is 0 Å². The van der Waals surface area contributed by atoms with Crippen LogP contribution in [0.25, 0.3) is 0 Å². The van der Waals surface area contributed by atoms with Gasteiger partial charge in [0.25, 0.3) is 0 Å². The number of furan rings is 1. The van der Waals surface area contributed by atoms with Crippen molar-refractivity contribution >= 4 is 12.3 Å². The van der Waals surface area contributed by atoms with E-state index < -0.39 is 5.97 Å². The van der Waals surface area contributed by atoms with Gasteiger partial charge in [-0.3, -0.25) is 4.79 Å². The Kier molecular flexibility index (Phi) is 4.77. The lowest BCUT2D eigenvalue weighted by molar-refractivity contribution is 0.0337. The lowest BCUT2D eigenvalue weighted by Gasteiger charge is -2.05. The molecule has 0 atom stereocenters. The SMILES string of the molecule is CC(C)OC(=O)c1ccc(COc2ccc(C=O)cc2)o1. The maximum atomic E-state index is 11.6. The van der Waals surface area contributed by atoms with Gasteiger partial charge in [-0.05, 0) is 50.2 Å². The molecule has 1 aromatic heterocycles. The number of rotatable bonds is 6. The van der Waals surface area contributed by atoms with Crippen LogP contribution in [0.5, 0.6) is 5.75 Å². The average molecular weight is 288 g/mol. The second-order valence-electron chi connectivity index (χ2n) is 4.70. The molecule has 0 radical (unpaired) electrons. The summed E-state index contributed by atoms with van der Waals surface area (Å²) in [4.78, 5) is 22.2. The molecule has 0 saturated carbocycles. The van der Waals surface area contributed by atoms with Gasteiger partial charge >= 0.3 is 5.97 Å². The monoisotopic (exact) mass is 288 g/mol. The minimum atomic E-state index is -0.494. The van der Waals surface area contributed by atoms with E-state index in [1.165, 1.54) is 0 Å². The Balaban J connectivity index is 1.93. The van der Waals surface area contributed by atoms with Gasteiger partial charge in [0.1, 0.15) is 24.4 Å². The molecule has 0 saturated heterocycles. The Hall–Kier alpha value is -2.56. The Bertz CT molecular complexity index is 610. The van der Waals surface area contributed by atoms with Crippen molar-refractivity contribution in [2.24, 2.45) is 0 Å². The van der Waals surface area contributed by atoms with Gasteiger partial charge < -0.3 is 13.9 Å². The molecule has 1 aromatic carbocycles. The van der Waals surface area contributed by atoms with Crippen molar-refractivity contribution in [1.82, 2.24) is 0 Å². The van der Waals surface area contributed by atoms with Crippen LogP contribution < -0.4 is 4.74 Å². The van der Waals surface area contributed by atoms with E-state index in [1.807, 2.05) is 0 Å². The lowest BCUT2D eigenvalue weighted by atomic mass is 10.2. The molecule has 0 fully saturated rings. The van der Waals surface area contributed by atoms with Crippen LogP contribution in [-0.2, 0) is 11.3 Å². The number of carbonyl (C=O) groups is 2. The van der Waals surface area contributed by atoms with Crippen LogP contribution in [0.4, 0.5) is 0 Å². The molecule has 0 aliphatic heterocycles. The topological polar surface area (TPSA) is 65.7 Å². The van der Waals surface area contributed by atoms with Crippen molar-refractivity contribution in [1.29, 1.82) is 0 Å². The number of hydrogen-bond donors (Lipinski definition) is 0. The molecule has 0 amide bonds. The normalized spacial score (nSPS) is 10.4. The van der Waals surface area contributed by atoms with E-state index in [1.54, 1.807) is 50.2 Å². The highest BCUT2D eigenvalue weighted by molar-refractivity contribution is 5.86. The Morgan fingerprint density at radius 1 is 1.19 bits per heavy atom. The van der Waals surface area contributed by atoms with E-state index in [4.69, 9.17) is 13.9 Å². The predicted molar refractivity (Wildman–Crippen MR) is 75.4 cm³/mol. The fourth-order valence-corrected chi connectivity index (χ4v) is 1.63. The first kappa shape index (κ1) is 14.8. The fourth-order valence-electron chi connectivity index (χ4n) is 1.63. The maximum Gasteiger partial charge on any atom is 0.374 e. The third-order valence-corrected chi connectivity index (χ3v) is 2.60. The van der Waals surface area contributed by atoms with Gasteiger partial charge in [0, 0.05) is 5.56 Å².